The van der Waals surface area contributed by atoms with Gasteiger partial charge in [-0.2, -0.15) is 0 Å². The van der Waals surface area contributed by atoms with Crippen LogP contribution in [0.1, 0.15) is 23.0 Å². The summed E-state index contributed by atoms with van der Waals surface area (Å²) in [5, 5.41) is 12.3. The molecule has 0 saturated carbocycles. The van der Waals surface area contributed by atoms with Gasteiger partial charge in [-0.3, -0.25) is 0 Å². The molecule has 2 heterocycles. The SMILES string of the molecule is CC1(c2oncc2C(=O)O)COC1. The molecule has 2 rings (SSSR count). The highest BCUT2D eigenvalue weighted by Gasteiger charge is 2.42. The Hall–Kier alpha value is -1.36. The van der Waals surface area contributed by atoms with Gasteiger partial charge in [-0.1, -0.05) is 5.16 Å². The Morgan fingerprint density at radius 3 is 2.85 bits per heavy atom. The van der Waals surface area contributed by atoms with Gasteiger partial charge in [0.15, 0.2) is 5.76 Å². The first-order chi connectivity index (χ1) is 6.13. The largest absolute Gasteiger partial charge is 0.478 e. The van der Waals surface area contributed by atoms with E-state index in [0.29, 0.717) is 19.0 Å². The molecule has 1 aliphatic heterocycles. The van der Waals surface area contributed by atoms with Crippen LogP contribution in [0.25, 0.3) is 0 Å². The predicted molar refractivity (Wildman–Crippen MR) is 41.6 cm³/mol. The average Bonchev–Trinajstić information content (AvgIpc) is 2.47. The van der Waals surface area contributed by atoms with Gasteiger partial charge in [0, 0.05) is 0 Å². The maximum atomic E-state index is 10.7. The van der Waals surface area contributed by atoms with Crippen molar-refractivity contribution < 1.29 is 19.2 Å². The predicted octanol–water partition coefficient (Wildman–Crippen LogP) is 0.661. The number of carbonyl (C=O) groups is 1. The van der Waals surface area contributed by atoms with Crippen LogP contribution in [0.2, 0.25) is 0 Å². The van der Waals surface area contributed by atoms with E-state index in [1.165, 1.54) is 6.20 Å². The van der Waals surface area contributed by atoms with Crippen molar-refractivity contribution in [3.63, 3.8) is 0 Å². The second-order valence-electron chi connectivity index (χ2n) is 3.43. The fourth-order valence-corrected chi connectivity index (χ4v) is 1.37. The zero-order chi connectivity index (χ0) is 9.47. The van der Waals surface area contributed by atoms with Crippen LogP contribution in [0.5, 0.6) is 0 Å². The van der Waals surface area contributed by atoms with E-state index in [1.54, 1.807) is 0 Å². The van der Waals surface area contributed by atoms with E-state index in [4.69, 9.17) is 14.4 Å². The van der Waals surface area contributed by atoms with Crippen molar-refractivity contribution in [1.29, 1.82) is 0 Å². The smallest absolute Gasteiger partial charge is 0.340 e. The molecule has 1 fully saturated rings. The van der Waals surface area contributed by atoms with E-state index in [9.17, 15) is 4.79 Å². The maximum absolute atomic E-state index is 10.7. The number of carboxylic acid groups (broad SMARTS) is 1. The number of rotatable bonds is 2. The van der Waals surface area contributed by atoms with Crippen molar-refractivity contribution in [2.45, 2.75) is 12.3 Å². The van der Waals surface area contributed by atoms with Crippen LogP contribution in [0.4, 0.5) is 0 Å². The van der Waals surface area contributed by atoms with Gasteiger partial charge < -0.3 is 14.4 Å². The molecule has 5 nitrogen and oxygen atoms in total. The molecule has 1 N–H and O–H groups in total. The van der Waals surface area contributed by atoms with Gasteiger partial charge in [0.05, 0.1) is 24.8 Å². The first kappa shape index (κ1) is 8.25. The van der Waals surface area contributed by atoms with Crippen molar-refractivity contribution >= 4 is 5.97 Å². The normalized spacial score (nSPS) is 19.5. The third-order valence-electron chi connectivity index (χ3n) is 2.19. The molecule has 0 spiro atoms. The molecule has 0 radical (unpaired) electrons. The van der Waals surface area contributed by atoms with Gasteiger partial charge in [-0.05, 0) is 6.92 Å². The average molecular weight is 183 g/mol. The highest BCUT2D eigenvalue weighted by molar-refractivity contribution is 5.88. The molecule has 0 aromatic carbocycles. The minimum absolute atomic E-state index is 0.130. The molecule has 1 saturated heterocycles. The number of aromatic nitrogens is 1. The Kier molecular flexibility index (Phi) is 1.63. The van der Waals surface area contributed by atoms with E-state index in [2.05, 4.69) is 5.16 Å². The molecule has 5 heteroatoms. The van der Waals surface area contributed by atoms with Crippen LogP contribution in [0.15, 0.2) is 10.7 Å². The Bertz CT molecular complexity index is 340. The molecular formula is C8H9NO4. The minimum atomic E-state index is -1.01. The van der Waals surface area contributed by atoms with Gasteiger partial charge in [-0.25, -0.2) is 4.79 Å². The van der Waals surface area contributed by atoms with Gasteiger partial charge in [0.1, 0.15) is 5.56 Å². The summed E-state index contributed by atoms with van der Waals surface area (Å²) in [6.45, 7) is 2.87. The van der Waals surface area contributed by atoms with Gasteiger partial charge in [0.25, 0.3) is 0 Å². The van der Waals surface area contributed by atoms with Crippen molar-refractivity contribution in [2.24, 2.45) is 0 Å². The van der Waals surface area contributed by atoms with Crippen LogP contribution >= 0.6 is 0 Å². The van der Waals surface area contributed by atoms with E-state index in [0.717, 1.165) is 0 Å². The van der Waals surface area contributed by atoms with Crippen molar-refractivity contribution in [3.8, 4) is 0 Å². The van der Waals surface area contributed by atoms with Gasteiger partial charge in [0.2, 0.25) is 0 Å². The third kappa shape index (κ3) is 1.12. The second-order valence-corrected chi connectivity index (χ2v) is 3.43. The standard InChI is InChI=1S/C8H9NO4/c1-8(3-12-4-8)6-5(7(10)11)2-9-13-6/h2H,3-4H2,1H3,(H,10,11). The summed E-state index contributed by atoms with van der Waals surface area (Å²) in [4.78, 5) is 10.7. The molecule has 0 bridgehead atoms. The fraction of sp³-hybridized carbons (Fsp3) is 0.500. The van der Waals surface area contributed by atoms with Gasteiger partial charge >= 0.3 is 5.97 Å². The molecule has 70 valence electrons. The molecule has 0 aliphatic carbocycles. The number of nitrogens with zero attached hydrogens (tertiary/aromatic N) is 1. The number of aromatic carboxylic acids is 1. The summed E-state index contributed by atoms with van der Waals surface area (Å²) in [6, 6.07) is 0. The summed E-state index contributed by atoms with van der Waals surface area (Å²) in [5.41, 5.74) is -0.185. The van der Waals surface area contributed by atoms with E-state index in [1.807, 2.05) is 6.92 Å². The van der Waals surface area contributed by atoms with E-state index in [-0.39, 0.29) is 11.0 Å². The summed E-state index contributed by atoms with van der Waals surface area (Å²) in [7, 11) is 0. The number of ether oxygens (including phenoxy) is 1. The van der Waals surface area contributed by atoms with E-state index < -0.39 is 5.97 Å². The number of hydrogen-bond donors (Lipinski definition) is 1. The summed E-state index contributed by atoms with van der Waals surface area (Å²) >= 11 is 0. The van der Waals surface area contributed by atoms with Gasteiger partial charge in [-0.15, -0.1) is 0 Å². The quantitative estimate of drug-likeness (QED) is 0.729. The fourth-order valence-electron chi connectivity index (χ4n) is 1.37. The Morgan fingerprint density at radius 2 is 2.38 bits per heavy atom. The van der Waals surface area contributed by atoms with Crippen LogP contribution < -0.4 is 0 Å². The Balaban J connectivity index is 2.39. The number of carboxylic acids is 1. The van der Waals surface area contributed by atoms with Crippen LogP contribution in [0.3, 0.4) is 0 Å². The van der Waals surface area contributed by atoms with E-state index >= 15 is 0 Å². The summed E-state index contributed by atoms with van der Waals surface area (Å²) in [5.74, 6) is -0.601. The molecular weight excluding hydrogens is 174 g/mol. The Morgan fingerprint density at radius 1 is 1.69 bits per heavy atom. The summed E-state index contributed by atoms with van der Waals surface area (Å²) < 4.78 is 9.94. The Labute approximate surface area is 74.3 Å². The highest BCUT2D eigenvalue weighted by atomic mass is 16.5. The van der Waals surface area contributed by atoms with Crippen molar-refractivity contribution in [2.75, 3.05) is 13.2 Å². The first-order valence-electron chi connectivity index (χ1n) is 3.90. The second kappa shape index (κ2) is 2.56. The minimum Gasteiger partial charge on any atom is -0.478 e. The first-order valence-corrected chi connectivity index (χ1v) is 3.90. The molecule has 1 aliphatic rings. The monoisotopic (exact) mass is 183 g/mol. The lowest BCUT2D eigenvalue weighted by Gasteiger charge is -2.35. The van der Waals surface area contributed by atoms with Crippen LogP contribution in [-0.2, 0) is 10.2 Å². The lowest BCUT2D eigenvalue weighted by atomic mass is 9.84. The third-order valence-corrected chi connectivity index (χ3v) is 2.19. The lowest BCUT2D eigenvalue weighted by Crippen LogP contribution is -2.44. The topological polar surface area (TPSA) is 72.6 Å². The zero-order valence-corrected chi connectivity index (χ0v) is 7.11. The van der Waals surface area contributed by atoms with Crippen molar-refractivity contribution in [1.82, 2.24) is 5.16 Å². The maximum Gasteiger partial charge on any atom is 0.340 e. The van der Waals surface area contributed by atoms with Crippen LogP contribution in [0, 0.1) is 0 Å². The van der Waals surface area contributed by atoms with Crippen LogP contribution in [-0.4, -0.2) is 29.4 Å². The molecule has 0 unspecified atom stereocenters. The number of hydrogen-bond acceptors (Lipinski definition) is 4. The molecule has 1 aromatic rings. The lowest BCUT2D eigenvalue weighted by molar-refractivity contribution is -0.0623. The molecule has 13 heavy (non-hydrogen) atoms. The summed E-state index contributed by atoms with van der Waals surface area (Å²) in [6.07, 6.45) is 1.22. The zero-order valence-electron chi connectivity index (χ0n) is 7.11. The molecule has 0 amide bonds. The highest BCUT2D eigenvalue weighted by Crippen LogP contribution is 2.33. The molecule has 1 aromatic heterocycles. The van der Waals surface area contributed by atoms with Crippen molar-refractivity contribution in [3.05, 3.63) is 17.5 Å². The molecule has 0 atom stereocenters.